The maximum absolute atomic E-state index is 12.6. The maximum atomic E-state index is 12.6. The molecule has 3 atom stereocenters. The molecule has 1 aromatic rings. The molecule has 0 radical (unpaired) electrons. The predicted molar refractivity (Wildman–Crippen MR) is 96.1 cm³/mol. The van der Waals surface area contributed by atoms with Crippen LogP contribution in [0.5, 0.6) is 0 Å². The van der Waals surface area contributed by atoms with Gasteiger partial charge in [-0.1, -0.05) is 30.3 Å². The van der Waals surface area contributed by atoms with Gasteiger partial charge >= 0.3 is 0 Å². The highest BCUT2D eigenvalue weighted by atomic mass is 16.5. The van der Waals surface area contributed by atoms with Gasteiger partial charge < -0.3 is 21.1 Å². The number of amides is 3. The quantitative estimate of drug-likeness (QED) is 0.551. The molecule has 1 saturated heterocycles. The SMILES string of the molecule is COCC(=O)N[C@H]1C[C@@H](C(=O)N[C@@H](Cc2ccccc2)C(N)=O)N(C)C1. The fourth-order valence-electron chi connectivity index (χ4n) is 3.15. The molecular formula is C18H26N4O4. The summed E-state index contributed by atoms with van der Waals surface area (Å²) in [5.74, 6) is -1.06. The molecule has 0 unspecified atom stereocenters. The van der Waals surface area contributed by atoms with E-state index in [9.17, 15) is 14.4 Å². The van der Waals surface area contributed by atoms with Crippen LogP contribution in [0, 0.1) is 0 Å². The van der Waals surface area contributed by atoms with E-state index in [0.717, 1.165) is 5.56 Å². The van der Waals surface area contributed by atoms with Crippen LogP contribution < -0.4 is 16.4 Å². The van der Waals surface area contributed by atoms with Gasteiger partial charge in [0.1, 0.15) is 12.6 Å². The van der Waals surface area contributed by atoms with Crippen molar-refractivity contribution in [3.8, 4) is 0 Å². The lowest BCUT2D eigenvalue weighted by atomic mass is 10.0. The third kappa shape index (κ3) is 5.53. The molecule has 2 rings (SSSR count). The molecule has 4 N–H and O–H groups in total. The smallest absolute Gasteiger partial charge is 0.246 e. The van der Waals surface area contributed by atoms with Gasteiger partial charge in [0.25, 0.3) is 0 Å². The summed E-state index contributed by atoms with van der Waals surface area (Å²) in [6.07, 6.45) is 0.807. The number of primary amides is 1. The van der Waals surface area contributed by atoms with E-state index in [4.69, 9.17) is 10.5 Å². The van der Waals surface area contributed by atoms with E-state index in [1.807, 2.05) is 42.3 Å². The standard InChI is InChI=1S/C18H26N4O4/c1-22-10-13(20-16(23)11-26-2)9-15(22)18(25)21-14(17(19)24)8-12-6-4-3-5-7-12/h3-7,13-15H,8-11H2,1-2H3,(H2,19,24)(H,20,23)(H,21,25)/t13-,14-,15-/m0/s1. The highest BCUT2D eigenvalue weighted by Gasteiger charge is 2.36. The summed E-state index contributed by atoms with van der Waals surface area (Å²) in [5.41, 5.74) is 6.37. The Balaban J connectivity index is 1.94. The van der Waals surface area contributed by atoms with Crippen molar-refractivity contribution in [2.24, 2.45) is 5.73 Å². The number of nitrogens with zero attached hydrogens (tertiary/aromatic N) is 1. The monoisotopic (exact) mass is 362 g/mol. The minimum atomic E-state index is -0.777. The van der Waals surface area contributed by atoms with Crippen LogP contribution in [0.25, 0.3) is 0 Å². The van der Waals surface area contributed by atoms with E-state index in [1.165, 1.54) is 7.11 Å². The van der Waals surface area contributed by atoms with Gasteiger partial charge in [0, 0.05) is 26.1 Å². The minimum Gasteiger partial charge on any atom is -0.375 e. The van der Waals surface area contributed by atoms with E-state index in [1.54, 1.807) is 0 Å². The van der Waals surface area contributed by atoms with E-state index in [0.29, 0.717) is 19.4 Å². The Morgan fingerprint density at radius 2 is 2.00 bits per heavy atom. The van der Waals surface area contributed by atoms with E-state index in [-0.39, 0.29) is 24.5 Å². The number of likely N-dealkylation sites (N-methyl/N-ethyl adjacent to an activating group) is 1. The molecule has 0 bridgehead atoms. The second kappa shape index (κ2) is 9.30. The van der Waals surface area contributed by atoms with Gasteiger partial charge in [0.05, 0.1) is 6.04 Å². The third-order valence-corrected chi connectivity index (χ3v) is 4.43. The molecule has 0 aliphatic carbocycles. The number of benzene rings is 1. The predicted octanol–water partition coefficient (Wildman–Crippen LogP) is -0.965. The van der Waals surface area contributed by atoms with Gasteiger partial charge in [-0.3, -0.25) is 19.3 Å². The van der Waals surface area contributed by atoms with Crippen molar-refractivity contribution in [2.75, 3.05) is 27.3 Å². The second-order valence-corrected chi connectivity index (χ2v) is 6.54. The molecule has 3 amide bonds. The first-order chi connectivity index (χ1) is 12.4. The Labute approximate surface area is 153 Å². The van der Waals surface area contributed by atoms with Crippen molar-refractivity contribution >= 4 is 17.7 Å². The summed E-state index contributed by atoms with van der Waals surface area (Å²) in [7, 11) is 3.26. The molecule has 8 nitrogen and oxygen atoms in total. The molecule has 0 spiro atoms. The molecule has 8 heteroatoms. The lowest BCUT2D eigenvalue weighted by Gasteiger charge is -2.22. The summed E-state index contributed by atoms with van der Waals surface area (Å²) >= 11 is 0. The number of carbonyl (C=O) groups excluding carboxylic acids is 3. The summed E-state index contributed by atoms with van der Waals surface area (Å²) < 4.78 is 4.79. The van der Waals surface area contributed by atoms with Crippen molar-refractivity contribution in [1.82, 2.24) is 15.5 Å². The van der Waals surface area contributed by atoms with Crippen LogP contribution in [0.15, 0.2) is 30.3 Å². The van der Waals surface area contributed by atoms with Gasteiger partial charge in [-0.25, -0.2) is 0 Å². The Kier molecular flexibility index (Phi) is 7.11. The van der Waals surface area contributed by atoms with Crippen LogP contribution in [0.4, 0.5) is 0 Å². The summed E-state index contributed by atoms with van der Waals surface area (Å²) in [6.45, 7) is 0.533. The Hall–Kier alpha value is -2.45. The number of carbonyl (C=O) groups is 3. The summed E-state index contributed by atoms with van der Waals surface area (Å²) in [4.78, 5) is 37.9. The molecule has 0 aromatic heterocycles. The zero-order valence-corrected chi connectivity index (χ0v) is 15.1. The van der Waals surface area contributed by atoms with E-state index in [2.05, 4.69) is 10.6 Å². The number of rotatable bonds is 8. The average Bonchev–Trinajstić information content (AvgIpc) is 2.95. The molecule has 0 saturated carbocycles. The number of nitrogens with one attached hydrogen (secondary N) is 2. The number of ether oxygens (including phenoxy) is 1. The highest BCUT2D eigenvalue weighted by molar-refractivity contribution is 5.89. The first kappa shape index (κ1) is 19.9. The molecule has 1 fully saturated rings. The van der Waals surface area contributed by atoms with Crippen molar-refractivity contribution < 1.29 is 19.1 Å². The van der Waals surface area contributed by atoms with Gasteiger partial charge in [-0.2, -0.15) is 0 Å². The Bertz CT molecular complexity index is 637. The largest absolute Gasteiger partial charge is 0.375 e. The van der Waals surface area contributed by atoms with Crippen molar-refractivity contribution in [3.63, 3.8) is 0 Å². The lowest BCUT2D eigenvalue weighted by molar-refractivity contribution is -0.130. The molecular weight excluding hydrogens is 336 g/mol. The van der Waals surface area contributed by atoms with Crippen LogP contribution >= 0.6 is 0 Å². The first-order valence-electron chi connectivity index (χ1n) is 8.53. The van der Waals surface area contributed by atoms with Gasteiger partial charge in [-0.05, 0) is 19.0 Å². The average molecular weight is 362 g/mol. The maximum Gasteiger partial charge on any atom is 0.246 e. The fraction of sp³-hybridized carbons (Fsp3) is 0.500. The van der Waals surface area contributed by atoms with Gasteiger partial charge in [0.2, 0.25) is 17.7 Å². The number of hydrogen-bond donors (Lipinski definition) is 3. The second-order valence-electron chi connectivity index (χ2n) is 6.54. The fourth-order valence-corrected chi connectivity index (χ4v) is 3.15. The van der Waals surface area contributed by atoms with Crippen LogP contribution in [0.3, 0.4) is 0 Å². The molecule has 142 valence electrons. The third-order valence-electron chi connectivity index (χ3n) is 4.43. The molecule has 1 aliphatic heterocycles. The van der Waals surface area contributed by atoms with Crippen LogP contribution in [0.2, 0.25) is 0 Å². The summed E-state index contributed by atoms with van der Waals surface area (Å²) in [5, 5.41) is 5.58. The molecule has 26 heavy (non-hydrogen) atoms. The summed E-state index contributed by atoms with van der Waals surface area (Å²) in [6, 6.07) is 8.03. The molecule has 1 heterocycles. The first-order valence-corrected chi connectivity index (χ1v) is 8.53. The lowest BCUT2D eigenvalue weighted by Crippen LogP contribution is -2.51. The zero-order chi connectivity index (χ0) is 19.1. The van der Waals surface area contributed by atoms with Crippen LogP contribution in [-0.4, -0.2) is 68.1 Å². The van der Waals surface area contributed by atoms with Crippen LogP contribution in [0.1, 0.15) is 12.0 Å². The number of hydrogen-bond acceptors (Lipinski definition) is 5. The van der Waals surface area contributed by atoms with Gasteiger partial charge in [0.15, 0.2) is 0 Å². The van der Waals surface area contributed by atoms with Crippen LogP contribution in [-0.2, 0) is 25.5 Å². The Morgan fingerprint density at radius 1 is 1.31 bits per heavy atom. The normalized spacial score (nSPS) is 21.2. The van der Waals surface area contributed by atoms with Gasteiger partial charge in [-0.15, -0.1) is 0 Å². The Morgan fingerprint density at radius 3 is 2.62 bits per heavy atom. The van der Waals surface area contributed by atoms with Crippen molar-refractivity contribution in [3.05, 3.63) is 35.9 Å². The van der Waals surface area contributed by atoms with Crippen molar-refractivity contribution in [1.29, 1.82) is 0 Å². The van der Waals surface area contributed by atoms with E-state index >= 15 is 0 Å². The van der Waals surface area contributed by atoms with E-state index < -0.39 is 18.0 Å². The topological polar surface area (TPSA) is 114 Å². The molecule has 1 aliphatic rings. The number of methoxy groups -OCH3 is 1. The number of likely N-dealkylation sites (tertiary alicyclic amines) is 1. The number of nitrogens with two attached hydrogens (primary N) is 1. The van der Waals surface area contributed by atoms with Crippen molar-refractivity contribution in [2.45, 2.75) is 31.0 Å². The highest BCUT2D eigenvalue weighted by Crippen LogP contribution is 2.16. The minimum absolute atomic E-state index is 0.0160. The zero-order valence-electron chi connectivity index (χ0n) is 15.1. The molecule has 1 aromatic carbocycles.